The Morgan fingerprint density at radius 2 is 1.42 bits per heavy atom. The normalized spacial score (nSPS) is 30.2. The first kappa shape index (κ1) is 17.4. The maximum Gasteiger partial charge on any atom is 0.173 e. The average Bonchev–Trinajstić information content (AvgIpc) is 2.86. The Labute approximate surface area is 122 Å². The van der Waals surface area contributed by atoms with E-state index in [4.69, 9.17) is 4.12 Å². The predicted octanol–water partition coefficient (Wildman–Crippen LogP) is 4.76. The van der Waals surface area contributed by atoms with Gasteiger partial charge in [-0.25, -0.2) is 0 Å². The van der Waals surface area contributed by atoms with Crippen molar-refractivity contribution in [2.45, 2.75) is 89.8 Å². The minimum Gasteiger partial charge on any atom is -0.456 e. The Hall–Kier alpha value is 0.354. The lowest BCUT2D eigenvalue weighted by Crippen LogP contribution is -2.43. The number of aliphatic hydroxyl groups is 1. The summed E-state index contributed by atoms with van der Waals surface area (Å²) in [5.41, 5.74) is -0.190. The first-order chi connectivity index (χ1) is 8.61. The second-order valence-corrected chi connectivity index (χ2v) is 17.0. The fourth-order valence-electron chi connectivity index (χ4n) is 3.05. The zero-order chi connectivity index (χ0) is 14.7. The van der Waals surface area contributed by atoms with Crippen LogP contribution in [-0.4, -0.2) is 27.3 Å². The molecule has 0 saturated heterocycles. The van der Waals surface area contributed by atoms with E-state index in [0.717, 1.165) is 25.2 Å². The van der Waals surface area contributed by atoms with Crippen LogP contribution >= 0.6 is 0 Å². The SMILES string of the molecule is CC[Si](C)(C)O[Si](C)(C)CC.OC12CCC(CC1)C2. The van der Waals surface area contributed by atoms with Gasteiger partial charge in [0.15, 0.2) is 16.6 Å². The Balaban J connectivity index is 0.000000196. The number of hydrogen-bond acceptors (Lipinski definition) is 2. The molecule has 19 heavy (non-hydrogen) atoms. The van der Waals surface area contributed by atoms with Gasteiger partial charge in [0.25, 0.3) is 0 Å². The second-order valence-electron chi connectivity index (χ2n) is 7.70. The molecule has 0 unspecified atom stereocenters. The molecule has 0 atom stereocenters. The molecule has 0 aromatic rings. The van der Waals surface area contributed by atoms with E-state index in [0.29, 0.717) is 0 Å². The van der Waals surface area contributed by atoms with Gasteiger partial charge in [0.05, 0.1) is 5.60 Å². The van der Waals surface area contributed by atoms with Crippen LogP contribution in [0.5, 0.6) is 0 Å². The van der Waals surface area contributed by atoms with Crippen molar-refractivity contribution in [3.63, 3.8) is 0 Å². The maximum atomic E-state index is 9.54. The minimum absolute atomic E-state index is 0.190. The zero-order valence-electron chi connectivity index (χ0n) is 13.9. The van der Waals surface area contributed by atoms with Crippen molar-refractivity contribution in [2.75, 3.05) is 0 Å². The Bertz CT molecular complexity index is 268. The Kier molecular flexibility index (Phi) is 5.88. The van der Waals surface area contributed by atoms with Crippen LogP contribution in [0.3, 0.4) is 0 Å². The molecule has 2 bridgehead atoms. The maximum absolute atomic E-state index is 9.54. The van der Waals surface area contributed by atoms with Gasteiger partial charge in [-0.2, -0.15) is 0 Å². The largest absolute Gasteiger partial charge is 0.456 e. The van der Waals surface area contributed by atoms with Gasteiger partial charge in [-0.3, -0.25) is 0 Å². The lowest BCUT2D eigenvalue weighted by Gasteiger charge is -2.32. The predicted molar refractivity (Wildman–Crippen MR) is 88.5 cm³/mol. The quantitative estimate of drug-likeness (QED) is 0.758. The summed E-state index contributed by atoms with van der Waals surface area (Å²) in [5, 5.41) is 9.54. The molecule has 0 heterocycles. The Morgan fingerprint density at radius 1 is 1.00 bits per heavy atom. The van der Waals surface area contributed by atoms with Crippen molar-refractivity contribution < 1.29 is 9.22 Å². The van der Waals surface area contributed by atoms with Crippen LogP contribution in [0, 0.1) is 5.92 Å². The van der Waals surface area contributed by atoms with Gasteiger partial charge in [-0.1, -0.05) is 13.8 Å². The van der Waals surface area contributed by atoms with E-state index < -0.39 is 16.6 Å². The van der Waals surface area contributed by atoms with E-state index in [2.05, 4.69) is 40.0 Å². The van der Waals surface area contributed by atoms with Crippen molar-refractivity contribution in [3.05, 3.63) is 0 Å². The van der Waals surface area contributed by atoms with Gasteiger partial charge in [-0.05, 0) is 76.3 Å². The highest BCUT2D eigenvalue weighted by atomic mass is 28.4. The lowest BCUT2D eigenvalue weighted by molar-refractivity contribution is 0.0521. The van der Waals surface area contributed by atoms with Gasteiger partial charge in [-0.15, -0.1) is 0 Å². The van der Waals surface area contributed by atoms with Gasteiger partial charge >= 0.3 is 0 Å². The molecule has 0 aromatic carbocycles. The van der Waals surface area contributed by atoms with Crippen LogP contribution < -0.4 is 0 Å². The van der Waals surface area contributed by atoms with E-state index >= 15 is 0 Å². The number of hydrogen-bond donors (Lipinski definition) is 1. The smallest absolute Gasteiger partial charge is 0.173 e. The zero-order valence-corrected chi connectivity index (χ0v) is 15.9. The van der Waals surface area contributed by atoms with Gasteiger partial charge in [0.2, 0.25) is 0 Å². The van der Waals surface area contributed by atoms with Crippen LogP contribution in [-0.2, 0) is 4.12 Å². The molecule has 2 fully saturated rings. The molecule has 0 aromatic heterocycles. The summed E-state index contributed by atoms with van der Waals surface area (Å²) >= 11 is 0. The summed E-state index contributed by atoms with van der Waals surface area (Å²) in [6.07, 6.45) is 5.84. The molecule has 0 spiro atoms. The first-order valence-corrected chi connectivity index (χ1v) is 14.3. The van der Waals surface area contributed by atoms with Crippen LogP contribution in [0.2, 0.25) is 38.3 Å². The molecular formula is C15H34O2Si2. The Morgan fingerprint density at radius 3 is 1.58 bits per heavy atom. The minimum atomic E-state index is -1.27. The molecule has 1 N–H and O–H groups in total. The topological polar surface area (TPSA) is 29.5 Å². The summed E-state index contributed by atoms with van der Waals surface area (Å²) in [4.78, 5) is 0. The average molecular weight is 303 g/mol. The van der Waals surface area contributed by atoms with Crippen molar-refractivity contribution in [3.8, 4) is 0 Å². The lowest BCUT2D eigenvalue weighted by atomic mass is 9.98. The molecule has 0 aliphatic heterocycles. The standard InChI is InChI=1S/C8H22OSi2.C7H12O/c1-7-10(3,4)9-11(5,6)8-2;8-7-3-1-6(5-7)2-4-7/h7-8H2,1-6H3;6,8H,1-5H2. The van der Waals surface area contributed by atoms with E-state index in [1.165, 1.54) is 24.9 Å². The molecule has 2 aliphatic rings. The van der Waals surface area contributed by atoms with Gasteiger partial charge in [0.1, 0.15) is 0 Å². The first-order valence-electron chi connectivity index (χ1n) is 8.04. The van der Waals surface area contributed by atoms with Crippen LogP contribution in [0.4, 0.5) is 0 Å². The van der Waals surface area contributed by atoms with Crippen LogP contribution in [0.1, 0.15) is 46.0 Å². The summed E-state index contributed by atoms with van der Waals surface area (Å²) < 4.78 is 6.20. The van der Waals surface area contributed by atoms with Crippen molar-refractivity contribution in [1.29, 1.82) is 0 Å². The van der Waals surface area contributed by atoms with Crippen molar-refractivity contribution >= 4 is 16.6 Å². The molecule has 4 heteroatoms. The third-order valence-electron chi connectivity index (χ3n) is 4.96. The highest BCUT2D eigenvalue weighted by molar-refractivity contribution is 6.84. The number of rotatable bonds is 4. The molecule has 114 valence electrons. The van der Waals surface area contributed by atoms with E-state index in [1.54, 1.807) is 0 Å². The van der Waals surface area contributed by atoms with Gasteiger partial charge < -0.3 is 9.22 Å². The van der Waals surface area contributed by atoms with Crippen molar-refractivity contribution in [2.24, 2.45) is 5.92 Å². The molecule has 0 amide bonds. The molecule has 2 nitrogen and oxygen atoms in total. The van der Waals surface area contributed by atoms with E-state index in [9.17, 15) is 5.11 Å². The molecule has 0 radical (unpaired) electrons. The fraction of sp³-hybridized carbons (Fsp3) is 1.00. The molecular weight excluding hydrogens is 268 g/mol. The monoisotopic (exact) mass is 302 g/mol. The fourth-order valence-corrected chi connectivity index (χ4v) is 10.2. The highest BCUT2D eigenvalue weighted by Crippen LogP contribution is 2.47. The van der Waals surface area contributed by atoms with Gasteiger partial charge in [0, 0.05) is 0 Å². The van der Waals surface area contributed by atoms with Crippen LogP contribution in [0.15, 0.2) is 0 Å². The summed E-state index contributed by atoms with van der Waals surface area (Å²) in [6.45, 7) is 13.8. The summed E-state index contributed by atoms with van der Waals surface area (Å²) in [5.74, 6) is 0.889. The third kappa shape index (κ3) is 5.70. The van der Waals surface area contributed by atoms with E-state index in [1.807, 2.05) is 0 Å². The molecule has 2 saturated carbocycles. The summed E-state index contributed by atoms with van der Waals surface area (Å²) in [6, 6.07) is 2.48. The number of fused-ring (bicyclic) bond motifs is 2. The van der Waals surface area contributed by atoms with E-state index in [-0.39, 0.29) is 5.60 Å². The summed E-state index contributed by atoms with van der Waals surface area (Å²) in [7, 11) is -2.54. The third-order valence-corrected chi connectivity index (χ3v) is 12.8. The second kappa shape index (κ2) is 6.41. The highest BCUT2D eigenvalue weighted by Gasteiger charge is 2.42. The molecule has 2 aliphatic carbocycles. The molecule has 2 rings (SSSR count). The van der Waals surface area contributed by atoms with Crippen LogP contribution in [0.25, 0.3) is 0 Å². The van der Waals surface area contributed by atoms with Crippen molar-refractivity contribution in [1.82, 2.24) is 0 Å².